The van der Waals surface area contributed by atoms with Gasteiger partial charge < -0.3 is 9.84 Å². The van der Waals surface area contributed by atoms with E-state index in [1.807, 2.05) is 6.08 Å². The van der Waals surface area contributed by atoms with Crippen molar-refractivity contribution in [3.8, 4) is 0 Å². The zero-order valence-corrected chi connectivity index (χ0v) is 19.0. The Morgan fingerprint density at radius 2 is 1.93 bits per heavy atom. The molecule has 0 radical (unpaired) electrons. The van der Waals surface area contributed by atoms with Gasteiger partial charge in [-0.2, -0.15) is 0 Å². The Labute approximate surface area is 179 Å². The van der Waals surface area contributed by atoms with Crippen LogP contribution in [0, 0.1) is 40.4 Å². The third-order valence-electron chi connectivity index (χ3n) is 9.85. The Balaban J connectivity index is 1.71. The van der Waals surface area contributed by atoms with Crippen molar-refractivity contribution >= 4 is 17.3 Å². The Kier molecular flexibility index (Phi) is 5.18. The second-order valence-electron chi connectivity index (χ2n) is 10.9. The molecule has 0 spiro atoms. The highest BCUT2D eigenvalue weighted by Crippen LogP contribution is 2.67. The van der Waals surface area contributed by atoms with Crippen LogP contribution in [-0.2, 0) is 19.1 Å². The largest absolute Gasteiger partial charge is 0.360 e. The van der Waals surface area contributed by atoms with Crippen molar-refractivity contribution in [2.45, 2.75) is 78.4 Å². The average Bonchev–Trinajstić information content (AvgIpc) is 2.92. The third kappa shape index (κ3) is 2.91. The van der Waals surface area contributed by atoms with E-state index < -0.39 is 11.6 Å². The highest BCUT2D eigenvalue weighted by atomic mass is 16.6. The van der Waals surface area contributed by atoms with Gasteiger partial charge in [-0.1, -0.05) is 19.4 Å². The molecule has 5 nitrogen and oxygen atoms in total. The monoisotopic (exact) mass is 416 g/mol. The Hall–Kier alpha value is -1.33. The number of ether oxygens (including phenoxy) is 1. The molecule has 3 fully saturated rings. The Bertz CT molecular complexity index is 814. The minimum Gasteiger partial charge on any atom is -0.360 e. The topological polar surface area (TPSA) is 80.7 Å². The molecule has 1 N–H and O–H groups in total. The number of hydrogen-bond donors (Lipinski definition) is 1. The Morgan fingerprint density at radius 1 is 1.23 bits per heavy atom. The fourth-order valence-corrected chi connectivity index (χ4v) is 8.03. The smallest absolute Gasteiger partial charge is 0.226 e. The van der Waals surface area contributed by atoms with E-state index in [4.69, 9.17) is 4.74 Å². The molecule has 3 unspecified atom stereocenters. The number of carbonyl (C=O) groups excluding carboxylic acids is 3. The van der Waals surface area contributed by atoms with Gasteiger partial charge in [-0.25, -0.2) is 0 Å². The first kappa shape index (κ1) is 21.9. The number of methoxy groups -OCH3 is 1. The van der Waals surface area contributed by atoms with Crippen LogP contribution < -0.4 is 0 Å². The van der Waals surface area contributed by atoms with Crippen LogP contribution in [0.5, 0.6) is 0 Å². The van der Waals surface area contributed by atoms with Gasteiger partial charge in [0.1, 0.15) is 5.78 Å². The molecule has 0 aromatic carbocycles. The number of ketones is 3. The molecule has 4 aliphatic rings. The van der Waals surface area contributed by atoms with Crippen LogP contribution in [0.25, 0.3) is 0 Å². The predicted octanol–water partition coefficient (Wildman–Crippen LogP) is 3.87. The number of rotatable bonds is 4. The highest BCUT2D eigenvalue weighted by Gasteiger charge is 2.64. The van der Waals surface area contributed by atoms with Crippen LogP contribution in [0.1, 0.15) is 72.6 Å². The first-order valence-electron chi connectivity index (χ1n) is 11.5. The van der Waals surface area contributed by atoms with Gasteiger partial charge in [0.15, 0.2) is 11.6 Å². The Morgan fingerprint density at radius 3 is 2.57 bits per heavy atom. The molecule has 0 heterocycles. The van der Waals surface area contributed by atoms with Crippen molar-refractivity contribution in [1.29, 1.82) is 0 Å². The molecule has 0 saturated heterocycles. The fourth-order valence-electron chi connectivity index (χ4n) is 8.03. The summed E-state index contributed by atoms with van der Waals surface area (Å²) in [6.45, 7) is 7.90. The van der Waals surface area contributed by atoms with E-state index in [9.17, 15) is 19.5 Å². The van der Waals surface area contributed by atoms with E-state index in [-0.39, 0.29) is 40.7 Å². The lowest BCUT2D eigenvalue weighted by molar-refractivity contribution is -0.203. The minimum atomic E-state index is -1.82. The molecule has 4 aliphatic carbocycles. The van der Waals surface area contributed by atoms with Gasteiger partial charge in [0.25, 0.3) is 0 Å². The van der Waals surface area contributed by atoms with Crippen molar-refractivity contribution < 1.29 is 24.2 Å². The van der Waals surface area contributed by atoms with Crippen molar-refractivity contribution in [3.05, 3.63) is 11.6 Å². The van der Waals surface area contributed by atoms with Crippen molar-refractivity contribution in [3.63, 3.8) is 0 Å². The van der Waals surface area contributed by atoms with Crippen molar-refractivity contribution in [2.75, 3.05) is 7.11 Å². The van der Waals surface area contributed by atoms with E-state index in [1.165, 1.54) is 19.6 Å². The molecule has 166 valence electrons. The molecule has 8 atom stereocenters. The minimum absolute atomic E-state index is 0.00746. The quantitative estimate of drug-likeness (QED) is 0.704. The van der Waals surface area contributed by atoms with Crippen LogP contribution in [0.15, 0.2) is 11.6 Å². The van der Waals surface area contributed by atoms with E-state index in [0.717, 1.165) is 25.7 Å². The summed E-state index contributed by atoms with van der Waals surface area (Å²) >= 11 is 0. The van der Waals surface area contributed by atoms with Crippen LogP contribution in [0.3, 0.4) is 0 Å². The number of hydrogen-bond acceptors (Lipinski definition) is 5. The molecule has 5 heteroatoms. The summed E-state index contributed by atoms with van der Waals surface area (Å²) in [4.78, 5) is 37.5. The normalized spacial score (nSPS) is 45.1. The summed E-state index contributed by atoms with van der Waals surface area (Å²) in [5.41, 5.74) is 0.801. The van der Waals surface area contributed by atoms with E-state index >= 15 is 0 Å². The zero-order valence-electron chi connectivity index (χ0n) is 19.0. The summed E-state index contributed by atoms with van der Waals surface area (Å²) in [6, 6.07) is 0. The van der Waals surface area contributed by atoms with Gasteiger partial charge in [-0.3, -0.25) is 14.4 Å². The second kappa shape index (κ2) is 7.09. The molecule has 0 bridgehead atoms. The maximum atomic E-state index is 13.2. The number of carbonyl (C=O) groups is 3. The van der Waals surface area contributed by atoms with Crippen molar-refractivity contribution in [2.24, 2.45) is 40.4 Å². The van der Waals surface area contributed by atoms with E-state index in [0.29, 0.717) is 30.6 Å². The third-order valence-corrected chi connectivity index (χ3v) is 9.85. The first-order chi connectivity index (χ1) is 14.0. The van der Waals surface area contributed by atoms with Crippen LogP contribution in [0.2, 0.25) is 0 Å². The van der Waals surface area contributed by atoms with E-state index in [1.54, 1.807) is 0 Å². The summed E-state index contributed by atoms with van der Waals surface area (Å²) < 4.78 is 5.23. The van der Waals surface area contributed by atoms with Crippen LogP contribution in [-0.4, -0.2) is 35.4 Å². The summed E-state index contributed by atoms with van der Waals surface area (Å²) in [5.74, 6) is -0.441. The molecule has 0 amide bonds. The number of Topliss-reactive ketones (excluding diaryl/α,β-unsaturated/α-hetero) is 2. The molecule has 0 aliphatic heterocycles. The van der Waals surface area contributed by atoms with Gasteiger partial charge in [0.2, 0.25) is 5.79 Å². The molecule has 4 rings (SSSR count). The number of fused-ring (bicyclic) bond motifs is 5. The maximum Gasteiger partial charge on any atom is 0.226 e. The van der Waals surface area contributed by atoms with Gasteiger partial charge in [-0.15, -0.1) is 0 Å². The van der Waals surface area contributed by atoms with Gasteiger partial charge >= 0.3 is 0 Å². The lowest BCUT2D eigenvalue weighted by atomic mass is 9.44. The first-order valence-corrected chi connectivity index (χ1v) is 11.5. The molecule has 0 aromatic heterocycles. The van der Waals surface area contributed by atoms with Gasteiger partial charge in [0.05, 0.1) is 0 Å². The predicted molar refractivity (Wildman–Crippen MR) is 112 cm³/mol. The van der Waals surface area contributed by atoms with Gasteiger partial charge in [0, 0.05) is 38.7 Å². The SMILES string of the molecule is COC(O)(CC1CC(=O)[C@@]2(C)CC[C@@H]3[C@@H](CCC4CC(=O)C=C(C)[C@@]43C)[C@H]12)C(C)=O. The second-order valence-corrected chi connectivity index (χ2v) is 10.9. The molecule has 0 aromatic rings. The van der Waals surface area contributed by atoms with E-state index in [2.05, 4.69) is 20.8 Å². The summed E-state index contributed by atoms with van der Waals surface area (Å²) in [7, 11) is 1.36. The van der Waals surface area contributed by atoms with Crippen LogP contribution in [0.4, 0.5) is 0 Å². The fraction of sp³-hybridized carbons (Fsp3) is 0.800. The zero-order chi connectivity index (χ0) is 22.1. The lowest BCUT2D eigenvalue weighted by Crippen LogP contribution is -2.55. The number of allylic oxidation sites excluding steroid dienone is 2. The summed E-state index contributed by atoms with van der Waals surface area (Å²) in [5, 5.41) is 10.8. The molecule has 3 saturated carbocycles. The van der Waals surface area contributed by atoms with Gasteiger partial charge in [-0.05, 0) is 73.7 Å². The number of aliphatic hydroxyl groups is 1. The maximum absolute atomic E-state index is 13.2. The lowest BCUT2D eigenvalue weighted by Gasteiger charge is -2.60. The molecule has 30 heavy (non-hydrogen) atoms. The molecular weight excluding hydrogens is 380 g/mol. The van der Waals surface area contributed by atoms with Crippen LogP contribution >= 0.6 is 0 Å². The standard InChI is InChI=1S/C25H36O5/c1-14-10-18(27)12-17-6-7-19-20(24(14,17)4)8-9-23(3)21(28)11-16(22(19)23)13-25(29,30-5)15(2)26/h10,16-17,19-20,22,29H,6-9,11-13H2,1-5H3/t16?,17?,19-,20-,22+,23-,24+,25?/m1/s1. The average molecular weight is 417 g/mol. The highest BCUT2D eigenvalue weighted by molar-refractivity contribution is 5.92. The molecular formula is C25H36O5. The van der Waals surface area contributed by atoms with Crippen molar-refractivity contribution in [1.82, 2.24) is 0 Å². The summed E-state index contributed by atoms with van der Waals surface area (Å²) in [6.07, 6.45) is 6.95.